The molecule has 4 nitrogen and oxygen atoms in total. The first-order chi connectivity index (χ1) is 9.49. The summed E-state index contributed by atoms with van der Waals surface area (Å²) in [5, 5.41) is 13.0. The first kappa shape index (κ1) is 14.1. The second kappa shape index (κ2) is 5.79. The van der Waals surface area contributed by atoms with Crippen molar-refractivity contribution in [2.75, 3.05) is 0 Å². The van der Waals surface area contributed by atoms with Crippen molar-refractivity contribution in [2.24, 2.45) is 0 Å². The second-order valence-electron chi connectivity index (χ2n) is 3.89. The van der Waals surface area contributed by atoms with Crippen LogP contribution in [0.3, 0.4) is 0 Å². The van der Waals surface area contributed by atoms with E-state index in [1.165, 1.54) is 11.3 Å². The van der Waals surface area contributed by atoms with Gasteiger partial charge >= 0.3 is 5.97 Å². The van der Waals surface area contributed by atoms with E-state index < -0.39 is 29.6 Å². The number of aliphatic carboxylic acids is 1. The number of hydrogen-bond acceptors (Lipinski definition) is 3. The fraction of sp³-hybridized carbons (Fsp3) is 0.0769. The molecule has 1 aromatic carbocycles. The van der Waals surface area contributed by atoms with E-state index in [9.17, 15) is 18.4 Å². The average molecular weight is 297 g/mol. The molecule has 0 aliphatic heterocycles. The number of rotatable bonds is 4. The van der Waals surface area contributed by atoms with Crippen LogP contribution in [0.1, 0.15) is 21.3 Å². The Morgan fingerprint density at radius 2 is 1.95 bits per heavy atom. The molecule has 0 saturated carbocycles. The van der Waals surface area contributed by atoms with Gasteiger partial charge in [-0.25, -0.2) is 13.6 Å². The molecule has 1 atom stereocenters. The van der Waals surface area contributed by atoms with Crippen molar-refractivity contribution in [3.8, 4) is 0 Å². The van der Waals surface area contributed by atoms with Crippen LogP contribution in [-0.2, 0) is 4.79 Å². The van der Waals surface area contributed by atoms with Crippen LogP contribution in [0.4, 0.5) is 8.78 Å². The Morgan fingerprint density at radius 3 is 2.50 bits per heavy atom. The maximum atomic E-state index is 13.0. The summed E-state index contributed by atoms with van der Waals surface area (Å²) in [6.07, 6.45) is 0. The molecular formula is C13H9F2NO3S. The highest BCUT2D eigenvalue weighted by Gasteiger charge is 2.23. The summed E-state index contributed by atoms with van der Waals surface area (Å²) in [5.74, 6) is -4.26. The lowest BCUT2D eigenvalue weighted by atomic mass is 10.1. The third-order valence-corrected chi connectivity index (χ3v) is 3.47. The van der Waals surface area contributed by atoms with Crippen LogP contribution < -0.4 is 5.32 Å². The van der Waals surface area contributed by atoms with Gasteiger partial charge in [0.15, 0.2) is 17.7 Å². The highest BCUT2D eigenvalue weighted by molar-refractivity contribution is 7.10. The van der Waals surface area contributed by atoms with Crippen LogP contribution in [0.5, 0.6) is 0 Å². The number of carboxylic acid groups (broad SMARTS) is 1. The molecule has 0 aliphatic rings. The van der Waals surface area contributed by atoms with Crippen LogP contribution in [0.25, 0.3) is 0 Å². The van der Waals surface area contributed by atoms with Gasteiger partial charge < -0.3 is 10.4 Å². The molecule has 20 heavy (non-hydrogen) atoms. The number of halogens is 2. The Morgan fingerprint density at radius 1 is 1.20 bits per heavy atom. The van der Waals surface area contributed by atoms with Gasteiger partial charge in [0.2, 0.25) is 0 Å². The Kier molecular flexibility index (Phi) is 4.09. The van der Waals surface area contributed by atoms with Gasteiger partial charge in [0.05, 0.1) is 0 Å². The zero-order chi connectivity index (χ0) is 14.7. The summed E-state index contributed by atoms with van der Waals surface area (Å²) in [6.45, 7) is 0. The standard InChI is InChI=1S/C13H9F2NO3S/c14-8-4-3-7(6-9(8)15)12(17)16-11(13(18)19)10-2-1-5-20-10/h1-6,11H,(H,16,17)(H,18,19). The van der Waals surface area contributed by atoms with E-state index in [0.29, 0.717) is 4.88 Å². The number of amides is 1. The molecule has 7 heteroatoms. The number of hydrogen-bond donors (Lipinski definition) is 2. The summed E-state index contributed by atoms with van der Waals surface area (Å²) in [5.41, 5.74) is -0.147. The van der Waals surface area contributed by atoms with Gasteiger partial charge in [-0.05, 0) is 29.6 Å². The van der Waals surface area contributed by atoms with Crippen molar-refractivity contribution in [2.45, 2.75) is 6.04 Å². The smallest absolute Gasteiger partial charge is 0.331 e. The second-order valence-corrected chi connectivity index (χ2v) is 4.87. The molecular weight excluding hydrogens is 288 g/mol. The van der Waals surface area contributed by atoms with E-state index in [4.69, 9.17) is 5.11 Å². The summed E-state index contributed by atoms with van der Waals surface area (Å²) >= 11 is 1.17. The van der Waals surface area contributed by atoms with Gasteiger partial charge in [0, 0.05) is 10.4 Å². The maximum Gasteiger partial charge on any atom is 0.331 e. The van der Waals surface area contributed by atoms with Gasteiger partial charge in [-0.2, -0.15) is 0 Å². The zero-order valence-electron chi connectivity index (χ0n) is 9.97. The Balaban J connectivity index is 2.20. The molecule has 1 unspecified atom stereocenters. The molecule has 0 fully saturated rings. The highest BCUT2D eigenvalue weighted by Crippen LogP contribution is 2.20. The molecule has 1 heterocycles. The minimum atomic E-state index is -1.23. The Bertz CT molecular complexity index is 643. The SMILES string of the molecule is O=C(NC(C(=O)O)c1cccs1)c1ccc(F)c(F)c1. The minimum absolute atomic E-state index is 0.147. The molecule has 0 radical (unpaired) electrons. The van der Waals surface area contributed by atoms with Crippen molar-refractivity contribution in [3.63, 3.8) is 0 Å². The predicted octanol–water partition coefficient (Wildman–Crippen LogP) is 2.58. The van der Waals surface area contributed by atoms with E-state index in [-0.39, 0.29) is 5.56 Å². The quantitative estimate of drug-likeness (QED) is 0.911. The van der Waals surface area contributed by atoms with E-state index in [1.54, 1.807) is 17.5 Å². The molecule has 104 valence electrons. The minimum Gasteiger partial charge on any atom is -0.479 e. The molecule has 2 N–H and O–H groups in total. The number of carbonyl (C=O) groups is 2. The van der Waals surface area contributed by atoms with Gasteiger partial charge in [0.25, 0.3) is 5.91 Å². The normalized spacial score (nSPS) is 11.9. The van der Waals surface area contributed by atoms with Gasteiger partial charge in [-0.15, -0.1) is 11.3 Å². The van der Waals surface area contributed by atoms with Crippen molar-refractivity contribution in [1.29, 1.82) is 0 Å². The van der Waals surface area contributed by atoms with Crippen LogP contribution in [0.2, 0.25) is 0 Å². The molecule has 1 amide bonds. The molecule has 0 bridgehead atoms. The third-order valence-electron chi connectivity index (χ3n) is 2.53. The first-order valence-electron chi connectivity index (χ1n) is 5.51. The molecule has 2 rings (SSSR count). The average Bonchev–Trinajstić information content (AvgIpc) is 2.92. The van der Waals surface area contributed by atoms with Crippen LogP contribution in [-0.4, -0.2) is 17.0 Å². The lowest BCUT2D eigenvalue weighted by molar-refractivity contribution is -0.139. The lowest BCUT2D eigenvalue weighted by Crippen LogP contribution is -2.33. The lowest BCUT2D eigenvalue weighted by Gasteiger charge is -2.13. The van der Waals surface area contributed by atoms with E-state index in [0.717, 1.165) is 18.2 Å². The fourth-order valence-corrected chi connectivity index (χ4v) is 2.33. The fourth-order valence-electron chi connectivity index (χ4n) is 1.56. The Labute approximate surface area is 116 Å². The first-order valence-corrected chi connectivity index (χ1v) is 6.39. The molecule has 0 saturated heterocycles. The van der Waals surface area contributed by atoms with Crippen LogP contribution >= 0.6 is 11.3 Å². The van der Waals surface area contributed by atoms with Crippen molar-refractivity contribution in [1.82, 2.24) is 5.32 Å². The van der Waals surface area contributed by atoms with Crippen molar-refractivity contribution in [3.05, 3.63) is 57.8 Å². The number of thiophene rings is 1. The largest absolute Gasteiger partial charge is 0.479 e. The van der Waals surface area contributed by atoms with Crippen LogP contribution in [0, 0.1) is 11.6 Å². The maximum absolute atomic E-state index is 13.0. The van der Waals surface area contributed by atoms with Crippen molar-refractivity contribution >= 4 is 23.2 Å². The Hall–Kier alpha value is -2.28. The van der Waals surface area contributed by atoms with Crippen molar-refractivity contribution < 1.29 is 23.5 Å². The van der Waals surface area contributed by atoms with E-state index in [1.807, 2.05) is 0 Å². The molecule has 0 aliphatic carbocycles. The summed E-state index contributed by atoms with van der Waals surface area (Å²) in [4.78, 5) is 23.4. The van der Waals surface area contributed by atoms with Gasteiger partial charge in [0.1, 0.15) is 0 Å². The zero-order valence-corrected chi connectivity index (χ0v) is 10.8. The molecule has 1 aromatic heterocycles. The number of carbonyl (C=O) groups excluding carboxylic acids is 1. The topological polar surface area (TPSA) is 66.4 Å². The van der Waals surface area contributed by atoms with E-state index in [2.05, 4.69) is 5.32 Å². The number of benzene rings is 1. The monoisotopic (exact) mass is 297 g/mol. The predicted molar refractivity (Wildman–Crippen MR) is 68.5 cm³/mol. The third kappa shape index (κ3) is 3.00. The summed E-state index contributed by atoms with van der Waals surface area (Å²) in [7, 11) is 0. The van der Waals surface area contributed by atoms with Gasteiger partial charge in [-0.1, -0.05) is 6.07 Å². The number of nitrogens with one attached hydrogen (secondary N) is 1. The van der Waals surface area contributed by atoms with E-state index >= 15 is 0 Å². The molecule has 2 aromatic rings. The number of carboxylic acids is 1. The summed E-state index contributed by atoms with van der Waals surface area (Å²) < 4.78 is 25.8. The summed E-state index contributed by atoms with van der Waals surface area (Å²) in [6, 6.07) is 4.61. The van der Waals surface area contributed by atoms with Crippen LogP contribution in [0.15, 0.2) is 35.7 Å². The van der Waals surface area contributed by atoms with Gasteiger partial charge in [-0.3, -0.25) is 4.79 Å². The molecule has 0 spiro atoms. The highest BCUT2D eigenvalue weighted by atomic mass is 32.1.